The Kier molecular flexibility index (Phi) is 6.50. The number of benzene rings is 2. The molecule has 0 radical (unpaired) electrons. The number of hydrogen-bond donors (Lipinski definition) is 1. The largest absolute Gasteiger partial charge is 0.489 e. The van der Waals surface area contributed by atoms with E-state index in [1.54, 1.807) is 16.4 Å². The maximum absolute atomic E-state index is 12.7. The lowest BCUT2D eigenvalue weighted by Gasteiger charge is -2.28. The zero-order valence-corrected chi connectivity index (χ0v) is 19.4. The number of hydrogen-bond acceptors (Lipinski definition) is 7. The first-order valence-corrected chi connectivity index (χ1v) is 11.4. The number of carbonyl (C=O) groups excluding carboxylic acids is 1. The summed E-state index contributed by atoms with van der Waals surface area (Å²) in [6, 6.07) is 15.5. The summed E-state index contributed by atoms with van der Waals surface area (Å²) in [6.07, 6.45) is 0. The van der Waals surface area contributed by atoms with Gasteiger partial charge in [0.15, 0.2) is 0 Å². The van der Waals surface area contributed by atoms with Crippen LogP contribution in [0.3, 0.4) is 0 Å². The van der Waals surface area contributed by atoms with Crippen molar-refractivity contribution in [1.82, 2.24) is 14.8 Å². The Morgan fingerprint density at radius 3 is 2.69 bits per heavy atom. The third-order valence-corrected chi connectivity index (χ3v) is 5.93. The van der Waals surface area contributed by atoms with Crippen molar-refractivity contribution >= 4 is 23.7 Å². The molecule has 3 aromatic rings. The minimum atomic E-state index is -0.472. The van der Waals surface area contributed by atoms with Crippen LogP contribution in [0.1, 0.15) is 36.6 Å². The lowest BCUT2D eigenvalue weighted by molar-refractivity contribution is -0.136. The highest BCUT2D eigenvalue weighted by Gasteiger charge is 2.35. The summed E-state index contributed by atoms with van der Waals surface area (Å²) in [5.41, 5.74) is 4.36. The third-order valence-electron chi connectivity index (χ3n) is 5.21. The van der Waals surface area contributed by atoms with Gasteiger partial charge in [-0.3, -0.25) is 0 Å². The number of nitrogens with one attached hydrogen (secondary N) is 1. The fourth-order valence-electron chi connectivity index (χ4n) is 3.63. The molecule has 1 aromatic heterocycles. The first-order valence-electron chi connectivity index (χ1n) is 10.4. The van der Waals surface area contributed by atoms with Crippen LogP contribution in [0.5, 0.6) is 5.75 Å². The van der Waals surface area contributed by atoms with E-state index in [9.17, 15) is 4.79 Å². The average Bonchev–Trinajstić information content (AvgIpc) is 3.19. The number of ether oxygens (including phenoxy) is 2. The van der Waals surface area contributed by atoms with Crippen molar-refractivity contribution in [1.29, 1.82) is 0 Å². The predicted molar refractivity (Wildman–Crippen MR) is 125 cm³/mol. The summed E-state index contributed by atoms with van der Waals surface area (Å²) in [5.74, 6) is 1.76. The number of nitrogens with zero attached hydrogens (tertiary/aromatic N) is 3. The number of carbonyl (C=O) groups is 1. The number of aromatic nitrogens is 3. The molecular formula is C24H26N4O3S. The molecule has 7 nitrogen and oxygen atoms in total. The number of esters is 1. The van der Waals surface area contributed by atoms with Crippen molar-refractivity contribution in [2.45, 2.75) is 38.6 Å². The fourth-order valence-corrected chi connectivity index (χ4v) is 4.18. The molecule has 0 saturated carbocycles. The molecule has 1 aliphatic heterocycles. The molecule has 2 heterocycles. The summed E-state index contributed by atoms with van der Waals surface area (Å²) < 4.78 is 12.9. The second kappa shape index (κ2) is 9.48. The van der Waals surface area contributed by atoms with E-state index >= 15 is 0 Å². The van der Waals surface area contributed by atoms with E-state index in [0.29, 0.717) is 34.7 Å². The number of rotatable bonds is 7. The van der Waals surface area contributed by atoms with Gasteiger partial charge in [0.05, 0.1) is 12.7 Å². The van der Waals surface area contributed by atoms with Crippen LogP contribution in [-0.4, -0.2) is 33.6 Å². The van der Waals surface area contributed by atoms with Gasteiger partial charge in [0.1, 0.15) is 18.4 Å². The fraction of sp³-hybridized carbons (Fsp3) is 0.292. The van der Waals surface area contributed by atoms with Crippen molar-refractivity contribution in [3.05, 3.63) is 76.5 Å². The van der Waals surface area contributed by atoms with E-state index in [4.69, 9.17) is 9.47 Å². The van der Waals surface area contributed by atoms with Crippen LogP contribution in [0.15, 0.2) is 65.0 Å². The molecule has 1 unspecified atom stereocenters. The monoisotopic (exact) mass is 450 g/mol. The van der Waals surface area contributed by atoms with E-state index in [-0.39, 0.29) is 0 Å². The SMILES string of the molecule is CCSc1nc2n(n1)C(c1cccc(OCc3ccc(C)cc3)c1)C(C(=O)OC)=C(C)N2. The van der Waals surface area contributed by atoms with Crippen LogP contribution in [0.2, 0.25) is 0 Å². The summed E-state index contributed by atoms with van der Waals surface area (Å²) in [5, 5.41) is 8.51. The highest BCUT2D eigenvalue weighted by Crippen LogP contribution is 2.37. The molecule has 0 bridgehead atoms. The Balaban J connectivity index is 1.68. The second-order valence-electron chi connectivity index (χ2n) is 7.50. The number of anilines is 1. The van der Waals surface area contributed by atoms with Crippen LogP contribution >= 0.6 is 11.8 Å². The molecule has 0 fully saturated rings. The van der Waals surface area contributed by atoms with Crippen LogP contribution in [-0.2, 0) is 16.1 Å². The van der Waals surface area contributed by atoms with Gasteiger partial charge in [-0.25, -0.2) is 9.48 Å². The van der Waals surface area contributed by atoms with Gasteiger partial charge < -0.3 is 14.8 Å². The second-order valence-corrected chi connectivity index (χ2v) is 8.73. The molecular weight excluding hydrogens is 424 g/mol. The summed E-state index contributed by atoms with van der Waals surface area (Å²) >= 11 is 1.55. The van der Waals surface area contributed by atoms with Crippen molar-refractivity contribution < 1.29 is 14.3 Å². The number of aryl methyl sites for hydroxylation is 1. The Labute approximate surface area is 191 Å². The van der Waals surface area contributed by atoms with E-state index < -0.39 is 12.0 Å². The molecule has 0 saturated heterocycles. The highest BCUT2D eigenvalue weighted by atomic mass is 32.2. The van der Waals surface area contributed by atoms with Gasteiger partial charge in [0, 0.05) is 5.70 Å². The van der Waals surface area contributed by atoms with Crippen molar-refractivity contribution in [2.75, 3.05) is 18.2 Å². The first kappa shape index (κ1) is 22.0. The molecule has 1 atom stereocenters. The van der Waals surface area contributed by atoms with Crippen LogP contribution < -0.4 is 10.1 Å². The van der Waals surface area contributed by atoms with Crippen LogP contribution in [0, 0.1) is 6.92 Å². The Bertz CT molecular complexity index is 1150. The zero-order valence-electron chi connectivity index (χ0n) is 18.6. The van der Waals surface area contributed by atoms with Gasteiger partial charge in [0.2, 0.25) is 11.1 Å². The Morgan fingerprint density at radius 1 is 1.19 bits per heavy atom. The van der Waals surface area contributed by atoms with Gasteiger partial charge in [-0.1, -0.05) is 60.6 Å². The molecule has 0 aliphatic carbocycles. The highest BCUT2D eigenvalue weighted by molar-refractivity contribution is 7.99. The van der Waals surface area contributed by atoms with Gasteiger partial charge in [-0.05, 0) is 42.9 Å². The van der Waals surface area contributed by atoms with Crippen molar-refractivity contribution in [3.63, 3.8) is 0 Å². The van der Waals surface area contributed by atoms with Crippen molar-refractivity contribution in [2.24, 2.45) is 0 Å². The van der Waals surface area contributed by atoms with Crippen LogP contribution in [0.25, 0.3) is 0 Å². The number of methoxy groups -OCH3 is 1. The smallest absolute Gasteiger partial charge is 0.338 e. The zero-order chi connectivity index (χ0) is 22.7. The summed E-state index contributed by atoms with van der Waals surface area (Å²) in [7, 11) is 1.38. The van der Waals surface area contributed by atoms with E-state index in [1.807, 2.05) is 38.1 Å². The van der Waals surface area contributed by atoms with Gasteiger partial charge >= 0.3 is 5.97 Å². The molecule has 166 valence electrons. The van der Waals surface area contributed by atoms with E-state index in [0.717, 1.165) is 16.9 Å². The number of thioether (sulfide) groups is 1. The molecule has 1 aliphatic rings. The number of fused-ring (bicyclic) bond motifs is 1. The van der Waals surface area contributed by atoms with Gasteiger partial charge in [-0.15, -0.1) is 5.10 Å². The third kappa shape index (κ3) is 4.50. The molecule has 32 heavy (non-hydrogen) atoms. The summed E-state index contributed by atoms with van der Waals surface area (Å²) in [4.78, 5) is 17.3. The van der Waals surface area contributed by atoms with Crippen LogP contribution in [0.4, 0.5) is 5.95 Å². The van der Waals surface area contributed by atoms with E-state index in [1.165, 1.54) is 12.7 Å². The molecule has 8 heteroatoms. The number of allylic oxidation sites excluding steroid dienone is 1. The molecule has 4 rings (SSSR count). The molecule has 1 N–H and O–H groups in total. The van der Waals surface area contributed by atoms with E-state index in [2.05, 4.69) is 46.6 Å². The Morgan fingerprint density at radius 2 is 1.97 bits per heavy atom. The van der Waals surface area contributed by atoms with Gasteiger partial charge in [-0.2, -0.15) is 4.98 Å². The standard InChI is InChI=1S/C24H26N4O3S/c1-5-32-24-26-23-25-16(3)20(22(29)30-4)21(28(23)27-24)18-7-6-8-19(13-18)31-14-17-11-9-15(2)10-12-17/h6-13,21H,5,14H2,1-4H3,(H,25,26,27). The maximum Gasteiger partial charge on any atom is 0.338 e. The maximum atomic E-state index is 12.7. The summed E-state index contributed by atoms with van der Waals surface area (Å²) in [6.45, 7) is 6.42. The van der Waals surface area contributed by atoms with Crippen molar-refractivity contribution in [3.8, 4) is 5.75 Å². The van der Waals surface area contributed by atoms with Gasteiger partial charge in [0.25, 0.3) is 0 Å². The lowest BCUT2D eigenvalue weighted by Crippen LogP contribution is -2.29. The topological polar surface area (TPSA) is 78.3 Å². The molecule has 2 aromatic carbocycles. The minimum Gasteiger partial charge on any atom is -0.489 e. The predicted octanol–water partition coefficient (Wildman–Crippen LogP) is 4.74. The normalized spacial score (nSPS) is 15.2. The average molecular weight is 451 g/mol. The minimum absolute atomic E-state index is 0.406. The molecule has 0 amide bonds. The quantitative estimate of drug-likeness (QED) is 0.411. The first-order chi connectivity index (χ1) is 15.5. The molecule has 0 spiro atoms. The lowest BCUT2D eigenvalue weighted by atomic mass is 9.95. The Hall–Kier alpha value is -3.26.